The molecule has 0 bridgehead atoms. The van der Waals surface area contributed by atoms with Crippen molar-refractivity contribution in [2.24, 2.45) is 16.1 Å². The predicted octanol–water partition coefficient (Wildman–Crippen LogP) is 8.67. The number of aryl methyl sites for hydroxylation is 1. The maximum absolute atomic E-state index is 12.6. The molecule has 0 spiro atoms. The van der Waals surface area contributed by atoms with Crippen molar-refractivity contribution in [2.75, 3.05) is 7.11 Å². The van der Waals surface area contributed by atoms with E-state index in [4.69, 9.17) is 16.3 Å². The summed E-state index contributed by atoms with van der Waals surface area (Å²) in [4.78, 5) is 4.63. The Bertz CT molecular complexity index is 1570. The molecule has 0 saturated carbocycles. The Hall–Kier alpha value is -3.74. The molecule has 7 heteroatoms. The molecule has 4 aromatic rings. The fraction of sp³-hybridized carbons (Fsp3) is 0.343. The highest BCUT2D eigenvalue weighted by Crippen LogP contribution is 2.38. The third-order valence-corrected chi connectivity index (χ3v) is 7.70. The van der Waals surface area contributed by atoms with Crippen LogP contribution in [0.4, 0.5) is 0 Å². The van der Waals surface area contributed by atoms with Crippen molar-refractivity contribution >= 4 is 34.4 Å². The van der Waals surface area contributed by atoms with Crippen LogP contribution in [0.5, 0.6) is 11.6 Å². The van der Waals surface area contributed by atoms with Crippen LogP contribution in [0, 0.1) is 5.92 Å². The zero-order chi connectivity index (χ0) is 30.9. The van der Waals surface area contributed by atoms with Gasteiger partial charge in [-0.25, -0.2) is 4.98 Å². The van der Waals surface area contributed by atoms with E-state index in [9.17, 15) is 10.2 Å². The van der Waals surface area contributed by atoms with Gasteiger partial charge in [-0.1, -0.05) is 71.0 Å². The normalized spacial score (nSPS) is 13.9. The zero-order valence-corrected chi connectivity index (χ0v) is 26.4. The van der Waals surface area contributed by atoms with Gasteiger partial charge in [0.2, 0.25) is 5.88 Å². The van der Waals surface area contributed by atoms with Gasteiger partial charge in [-0.15, -0.1) is 11.6 Å². The maximum atomic E-state index is 12.6. The first-order valence-corrected chi connectivity index (χ1v) is 15.1. The van der Waals surface area contributed by atoms with Crippen LogP contribution in [0.3, 0.4) is 0 Å². The summed E-state index contributed by atoms with van der Waals surface area (Å²) in [6, 6.07) is 20.4. The highest BCUT2D eigenvalue weighted by Gasteiger charge is 2.36. The number of pyridine rings is 1. The molecular weight excluding hydrogens is 546 g/mol. The molecule has 42 heavy (non-hydrogen) atoms. The molecule has 6 nitrogen and oxygen atoms in total. The molecule has 0 saturated heterocycles. The minimum atomic E-state index is -1.59. The van der Waals surface area contributed by atoms with Crippen LogP contribution < -0.4 is 4.74 Å². The second kappa shape index (κ2) is 14.9. The van der Waals surface area contributed by atoms with Crippen LogP contribution in [0.25, 0.3) is 22.0 Å². The molecule has 2 N–H and O–H groups in total. The lowest BCUT2D eigenvalue weighted by Crippen LogP contribution is -2.35. The highest BCUT2D eigenvalue weighted by atomic mass is 35.5. The summed E-state index contributed by atoms with van der Waals surface area (Å²) in [7, 11) is 1.57. The van der Waals surface area contributed by atoms with E-state index in [0.29, 0.717) is 34.1 Å². The number of hydrogen-bond donors (Lipinski definition) is 2. The first-order chi connectivity index (χ1) is 20.2. The maximum Gasteiger partial charge on any atom is 0.214 e. The molecule has 4 rings (SSSR count). The third-order valence-electron chi connectivity index (χ3n) is 7.41. The number of halogens is 1. The van der Waals surface area contributed by atoms with Crippen molar-refractivity contribution in [1.82, 2.24) is 4.98 Å². The Morgan fingerprint density at radius 2 is 1.74 bits per heavy atom. The first-order valence-electron chi connectivity index (χ1n) is 14.5. The first kappa shape index (κ1) is 32.8. The zero-order valence-electron chi connectivity index (χ0n) is 25.6. The van der Waals surface area contributed by atoms with E-state index in [0.717, 1.165) is 40.5 Å². The molecule has 1 aromatic heterocycles. The number of methoxy groups -OCH3 is 1. The number of phenolic OH excluding ortho intramolecular Hbond substituents is 1. The average Bonchev–Trinajstić information content (AvgIpc) is 3.03. The lowest BCUT2D eigenvalue weighted by molar-refractivity contribution is 0.155. The number of hydrogen-bond acceptors (Lipinski definition) is 6. The minimum absolute atomic E-state index is 0.154. The summed E-state index contributed by atoms with van der Waals surface area (Å²) in [5, 5.41) is 32.3. The number of aliphatic hydroxyl groups is 1. The fourth-order valence-corrected chi connectivity index (χ4v) is 5.01. The van der Waals surface area contributed by atoms with Crippen molar-refractivity contribution < 1.29 is 14.9 Å². The van der Waals surface area contributed by atoms with Gasteiger partial charge in [-0.2, -0.15) is 10.2 Å². The number of alkyl halides is 1. The van der Waals surface area contributed by atoms with E-state index in [2.05, 4.69) is 36.0 Å². The van der Waals surface area contributed by atoms with Crippen LogP contribution in [0.2, 0.25) is 0 Å². The summed E-state index contributed by atoms with van der Waals surface area (Å²) in [5.74, 6) is 1.20. The van der Waals surface area contributed by atoms with E-state index in [1.54, 1.807) is 38.4 Å². The Labute approximate surface area is 254 Å². The van der Waals surface area contributed by atoms with Crippen LogP contribution >= 0.6 is 11.6 Å². The smallest absolute Gasteiger partial charge is 0.214 e. The molecule has 0 aliphatic heterocycles. The number of ether oxygens (including phenoxy) is 1. The minimum Gasteiger partial charge on any atom is -0.508 e. The van der Waals surface area contributed by atoms with Crippen molar-refractivity contribution in [2.45, 2.75) is 65.9 Å². The van der Waals surface area contributed by atoms with Gasteiger partial charge in [0.15, 0.2) is 5.60 Å². The molecule has 2 unspecified atom stereocenters. The molecule has 1 heterocycles. The second-order valence-electron chi connectivity index (χ2n) is 10.0. The molecular formula is C35H42ClN3O3. The van der Waals surface area contributed by atoms with Crippen molar-refractivity contribution in [3.63, 3.8) is 0 Å². The molecule has 222 valence electrons. The number of aromatic hydroxyl groups is 1. The van der Waals surface area contributed by atoms with Crippen molar-refractivity contribution in [3.8, 4) is 22.8 Å². The number of fused-ring (bicyclic) bond motifs is 1. The van der Waals surface area contributed by atoms with Gasteiger partial charge in [0.25, 0.3) is 0 Å². The van der Waals surface area contributed by atoms with Gasteiger partial charge in [-0.05, 0) is 83.3 Å². The van der Waals surface area contributed by atoms with Gasteiger partial charge in [0.05, 0.1) is 18.3 Å². The number of benzene rings is 3. The Kier molecular flexibility index (Phi) is 11.7. The highest BCUT2D eigenvalue weighted by molar-refractivity contribution is 6.17. The summed E-state index contributed by atoms with van der Waals surface area (Å²) < 4.78 is 5.47. The summed E-state index contributed by atoms with van der Waals surface area (Å²) in [6.45, 7) is 12.0. The van der Waals surface area contributed by atoms with Gasteiger partial charge < -0.3 is 14.9 Å². The fourth-order valence-electron chi connectivity index (χ4n) is 4.76. The number of nitrogens with zero attached hydrogens (tertiary/aromatic N) is 3. The topological polar surface area (TPSA) is 87.3 Å². The molecule has 2 atom stereocenters. The summed E-state index contributed by atoms with van der Waals surface area (Å²) >= 11 is 6.32. The van der Waals surface area contributed by atoms with Crippen LogP contribution in [-0.2, 0) is 17.9 Å². The molecule has 0 radical (unpaired) electrons. The Morgan fingerprint density at radius 3 is 2.38 bits per heavy atom. The summed E-state index contributed by atoms with van der Waals surface area (Å²) in [6.07, 6.45) is 3.58. The average molecular weight is 588 g/mol. The number of aromatic nitrogens is 1. The van der Waals surface area contributed by atoms with Gasteiger partial charge in [-0.3, -0.25) is 0 Å². The molecule has 0 aliphatic carbocycles. The molecule has 0 aliphatic rings. The van der Waals surface area contributed by atoms with Crippen molar-refractivity contribution in [1.29, 1.82) is 0 Å². The van der Waals surface area contributed by atoms with Crippen LogP contribution in [0.15, 0.2) is 76.9 Å². The predicted molar refractivity (Wildman–Crippen MR) is 176 cm³/mol. The van der Waals surface area contributed by atoms with Crippen LogP contribution in [-0.4, -0.2) is 34.2 Å². The molecule has 0 fully saturated rings. The lowest BCUT2D eigenvalue weighted by atomic mass is 9.80. The molecule has 3 aromatic carbocycles. The van der Waals surface area contributed by atoms with E-state index in [1.165, 1.54) is 0 Å². The van der Waals surface area contributed by atoms with Gasteiger partial charge >= 0.3 is 0 Å². The summed E-state index contributed by atoms with van der Waals surface area (Å²) in [5.41, 5.74) is 4.49. The Balaban J connectivity index is 0.00000237. The standard InChI is InChI=1S/C33H36ClN3O3.C2H6/c1-6-21(3)20-35-37-22(4)33(39,26-12-11-23(7-2)25(15-26)19-34)27-13-14-31-30(17-27)29(18-32(36-31)40-5)24-9-8-10-28(38)16-24;1-2/h8-18,20-21,38-39H,6-7,19H2,1-5H3;1-2H3/b35-20-,37-22+;. The monoisotopic (exact) mass is 587 g/mol. The molecule has 0 amide bonds. The van der Waals surface area contributed by atoms with Gasteiger partial charge in [0, 0.05) is 23.5 Å². The quantitative estimate of drug-likeness (QED) is 0.110. The van der Waals surface area contributed by atoms with E-state index in [1.807, 2.05) is 62.4 Å². The van der Waals surface area contributed by atoms with E-state index < -0.39 is 5.60 Å². The lowest BCUT2D eigenvalue weighted by Gasteiger charge is -2.30. The number of rotatable bonds is 10. The second-order valence-corrected chi connectivity index (χ2v) is 10.3. The van der Waals surface area contributed by atoms with E-state index in [-0.39, 0.29) is 11.7 Å². The van der Waals surface area contributed by atoms with Crippen molar-refractivity contribution in [3.05, 3.63) is 89.0 Å². The number of phenols is 1. The van der Waals surface area contributed by atoms with Gasteiger partial charge in [0.1, 0.15) is 5.75 Å². The van der Waals surface area contributed by atoms with E-state index >= 15 is 0 Å². The SMILES string of the molecule is CC.CCc1ccc(C(O)(/C(C)=N/N=C\C(C)CC)c2ccc3nc(OC)cc(-c4cccc(O)c4)c3c2)cc1CCl. The largest absolute Gasteiger partial charge is 0.508 e. The Morgan fingerprint density at radius 1 is 1.02 bits per heavy atom. The van der Waals surface area contributed by atoms with Crippen LogP contribution in [0.1, 0.15) is 70.2 Å². The third kappa shape index (κ3) is 7.00.